The maximum Gasteiger partial charge on any atom is 0.287 e. The second-order valence-electron chi connectivity index (χ2n) is 7.47. The van der Waals surface area contributed by atoms with Crippen LogP contribution in [0.3, 0.4) is 0 Å². The zero-order valence-electron chi connectivity index (χ0n) is 15.5. The smallest absolute Gasteiger partial charge is 0.287 e. The number of para-hydroxylation sites is 2. The highest BCUT2D eigenvalue weighted by atomic mass is 35.5. The molecule has 0 spiro atoms. The van der Waals surface area contributed by atoms with Gasteiger partial charge in [-0.3, -0.25) is 9.78 Å². The standard InChI is InChI=1S/C20H21ClN6O/c21-19-17(11-23-27(20(19)28)13-14-5-6-14)25-7-9-26(10-8-25)18-12-22-15-3-1-2-4-16(15)24-18/h1-4,11-12,14H,5-10,13H2. The van der Waals surface area contributed by atoms with E-state index in [2.05, 4.69) is 19.9 Å². The third-order valence-electron chi connectivity index (χ3n) is 5.47. The number of aromatic nitrogens is 4. The molecular formula is C20H21ClN6O. The summed E-state index contributed by atoms with van der Waals surface area (Å²) in [5, 5.41) is 4.62. The van der Waals surface area contributed by atoms with Crippen LogP contribution in [0.1, 0.15) is 12.8 Å². The molecule has 2 fully saturated rings. The van der Waals surface area contributed by atoms with Crippen LogP contribution in [0.15, 0.2) is 41.5 Å². The Morgan fingerprint density at radius 1 is 1.00 bits per heavy atom. The molecule has 5 rings (SSSR count). The third-order valence-corrected chi connectivity index (χ3v) is 5.83. The van der Waals surface area contributed by atoms with E-state index in [4.69, 9.17) is 16.6 Å². The highest BCUT2D eigenvalue weighted by molar-refractivity contribution is 6.33. The van der Waals surface area contributed by atoms with Crippen LogP contribution in [0.25, 0.3) is 11.0 Å². The molecule has 0 unspecified atom stereocenters. The van der Waals surface area contributed by atoms with Crippen molar-refractivity contribution in [3.63, 3.8) is 0 Å². The predicted molar refractivity (Wildman–Crippen MR) is 110 cm³/mol. The van der Waals surface area contributed by atoms with Crippen molar-refractivity contribution in [2.24, 2.45) is 5.92 Å². The van der Waals surface area contributed by atoms with Crippen molar-refractivity contribution in [2.45, 2.75) is 19.4 Å². The Morgan fingerprint density at radius 3 is 2.46 bits per heavy atom. The number of rotatable bonds is 4. The lowest BCUT2D eigenvalue weighted by Crippen LogP contribution is -2.47. The Kier molecular flexibility index (Phi) is 4.39. The molecule has 2 aliphatic rings. The Bertz CT molecular complexity index is 1070. The average molecular weight is 397 g/mol. The molecular weight excluding hydrogens is 376 g/mol. The first-order valence-electron chi connectivity index (χ1n) is 9.66. The van der Waals surface area contributed by atoms with Crippen LogP contribution >= 0.6 is 11.6 Å². The Labute approximate surface area is 167 Å². The quantitative estimate of drug-likeness (QED) is 0.675. The van der Waals surface area contributed by atoms with Crippen molar-refractivity contribution in [3.8, 4) is 0 Å². The molecule has 0 radical (unpaired) electrons. The lowest BCUT2D eigenvalue weighted by atomic mass is 10.2. The van der Waals surface area contributed by atoms with E-state index in [0.717, 1.165) is 48.7 Å². The summed E-state index contributed by atoms with van der Waals surface area (Å²) in [6, 6.07) is 7.87. The summed E-state index contributed by atoms with van der Waals surface area (Å²) < 4.78 is 1.50. The normalized spacial score (nSPS) is 17.3. The van der Waals surface area contributed by atoms with Gasteiger partial charge in [0.15, 0.2) is 0 Å². The van der Waals surface area contributed by atoms with E-state index < -0.39 is 0 Å². The van der Waals surface area contributed by atoms with Crippen molar-refractivity contribution in [1.29, 1.82) is 0 Å². The minimum Gasteiger partial charge on any atom is -0.365 e. The number of hydrogen-bond donors (Lipinski definition) is 0. The zero-order chi connectivity index (χ0) is 19.1. The SMILES string of the molecule is O=c1c(Cl)c(N2CCN(c3cnc4ccccc4n3)CC2)cnn1CC1CC1. The van der Waals surface area contributed by atoms with Gasteiger partial charge in [0.05, 0.1) is 29.1 Å². The molecule has 3 heterocycles. The third kappa shape index (κ3) is 3.30. The van der Waals surface area contributed by atoms with Crippen LogP contribution in [0.4, 0.5) is 11.5 Å². The van der Waals surface area contributed by atoms with Gasteiger partial charge in [-0.1, -0.05) is 23.7 Å². The Balaban J connectivity index is 1.31. The number of benzene rings is 1. The van der Waals surface area contributed by atoms with E-state index in [0.29, 0.717) is 12.5 Å². The van der Waals surface area contributed by atoms with E-state index in [1.807, 2.05) is 30.5 Å². The number of nitrogens with zero attached hydrogens (tertiary/aromatic N) is 6. The Morgan fingerprint density at radius 2 is 1.71 bits per heavy atom. The molecule has 8 heteroatoms. The predicted octanol–water partition coefficient (Wildman–Crippen LogP) is 2.58. The zero-order valence-corrected chi connectivity index (χ0v) is 16.2. The van der Waals surface area contributed by atoms with Crippen LogP contribution in [-0.4, -0.2) is 45.9 Å². The van der Waals surface area contributed by atoms with Gasteiger partial charge in [0.25, 0.3) is 5.56 Å². The monoisotopic (exact) mass is 396 g/mol. The first-order valence-corrected chi connectivity index (χ1v) is 10.0. The lowest BCUT2D eigenvalue weighted by molar-refractivity contribution is 0.531. The van der Waals surface area contributed by atoms with E-state index in [9.17, 15) is 4.79 Å². The van der Waals surface area contributed by atoms with Crippen molar-refractivity contribution in [1.82, 2.24) is 19.7 Å². The molecule has 144 valence electrons. The van der Waals surface area contributed by atoms with Crippen LogP contribution in [0.5, 0.6) is 0 Å². The lowest BCUT2D eigenvalue weighted by Gasteiger charge is -2.36. The summed E-state index contributed by atoms with van der Waals surface area (Å²) in [5.41, 5.74) is 2.33. The fraction of sp³-hybridized carbons (Fsp3) is 0.400. The molecule has 0 bridgehead atoms. The molecule has 1 aliphatic carbocycles. The fourth-order valence-electron chi connectivity index (χ4n) is 3.63. The van der Waals surface area contributed by atoms with Crippen molar-refractivity contribution < 1.29 is 0 Å². The number of halogens is 1. The Hall–Kier alpha value is -2.67. The average Bonchev–Trinajstić information content (AvgIpc) is 3.56. The van der Waals surface area contributed by atoms with Gasteiger partial charge in [0, 0.05) is 32.7 Å². The molecule has 0 atom stereocenters. The minimum atomic E-state index is -0.186. The minimum absolute atomic E-state index is 0.186. The molecule has 3 aromatic rings. The fourth-order valence-corrected chi connectivity index (χ4v) is 3.89. The van der Waals surface area contributed by atoms with E-state index in [1.165, 1.54) is 17.5 Å². The molecule has 1 aliphatic heterocycles. The van der Waals surface area contributed by atoms with E-state index >= 15 is 0 Å². The molecule has 0 amide bonds. The van der Waals surface area contributed by atoms with Crippen molar-refractivity contribution in [3.05, 3.63) is 52.0 Å². The first-order chi connectivity index (χ1) is 13.7. The molecule has 1 aromatic carbocycles. The van der Waals surface area contributed by atoms with Crippen LogP contribution < -0.4 is 15.4 Å². The number of piperazine rings is 1. The van der Waals surface area contributed by atoms with Gasteiger partial charge >= 0.3 is 0 Å². The van der Waals surface area contributed by atoms with Gasteiger partial charge in [0.2, 0.25) is 0 Å². The van der Waals surface area contributed by atoms with Crippen LogP contribution in [-0.2, 0) is 6.54 Å². The summed E-state index contributed by atoms with van der Waals surface area (Å²) in [6.45, 7) is 3.75. The summed E-state index contributed by atoms with van der Waals surface area (Å²) >= 11 is 6.40. The number of fused-ring (bicyclic) bond motifs is 1. The molecule has 1 saturated heterocycles. The molecule has 28 heavy (non-hydrogen) atoms. The van der Waals surface area contributed by atoms with Gasteiger partial charge in [0.1, 0.15) is 10.8 Å². The number of hydrogen-bond acceptors (Lipinski definition) is 6. The van der Waals surface area contributed by atoms with E-state index in [1.54, 1.807) is 6.20 Å². The van der Waals surface area contributed by atoms with Gasteiger partial charge < -0.3 is 9.80 Å². The van der Waals surface area contributed by atoms with Crippen LogP contribution in [0, 0.1) is 5.92 Å². The molecule has 2 aromatic heterocycles. The summed E-state index contributed by atoms with van der Waals surface area (Å²) in [6.07, 6.45) is 5.91. The molecule has 0 N–H and O–H groups in total. The summed E-state index contributed by atoms with van der Waals surface area (Å²) in [5.74, 6) is 1.46. The van der Waals surface area contributed by atoms with Gasteiger partial charge in [-0.25, -0.2) is 9.67 Å². The molecule has 7 nitrogen and oxygen atoms in total. The highest BCUT2D eigenvalue weighted by Gasteiger charge is 2.25. The van der Waals surface area contributed by atoms with Gasteiger partial charge in [-0.15, -0.1) is 0 Å². The summed E-state index contributed by atoms with van der Waals surface area (Å²) in [4.78, 5) is 26.1. The maximum atomic E-state index is 12.5. The van der Waals surface area contributed by atoms with Crippen LogP contribution in [0.2, 0.25) is 5.02 Å². The topological polar surface area (TPSA) is 67.2 Å². The van der Waals surface area contributed by atoms with Crippen molar-refractivity contribution in [2.75, 3.05) is 36.0 Å². The largest absolute Gasteiger partial charge is 0.365 e. The van der Waals surface area contributed by atoms with Gasteiger partial charge in [-0.2, -0.15) is 5.10 Å². The van der Waals surface area contributed by atoms with Crippen molar-refractivity contribution >= 4 is 34.1 Å². The van der Waals surface area contributed by atoms with E-state index in [-0.39, 0.29) is 10.6 Å². The maximum absolute atomic E-state index is 12.5. The summed E-state index contributed by atoms with van der Waals surface area (Å²) in [7, 11) is 0. The second-order valence-corrected chi connectivity index (χ2v) is 7.84. The molecule has 1 saturated carbocycles. The van der Waals surface area contributed by atoms with Gasteiger partial charge in [-0.05, 0) is 30.9 Å². The number of anilines is 2. The highest BCUT2D eigenvalue weighted by Crippen LogP contribution is 2.30. The first kappa shape index (κ1) is 17.4. The second kappa shape index (κ2) is 7.05.